The van der Waals surface area contributed by atoms with E-state index in [0.29, 0.717) is 17.8 Å². The summed E-state index contributed by atoms with van der Waals surface area (Å²) in [6.45, 7) is 11.2. The van der Waals surface area contributed by atoms with Gasteiger partial charge in [0.05, 0.1) is 30.0 Å². The Morgan fingerprint density at radius 2 is 1.73 bits per heavy atom. The molecular formula is C23H35N5O5. The van der Waals surface area contributed by atoms with Crippen molar-refractivity contribution in [3.05, 3.63) is 17.7 Å². The van der Waals surface area contributed by atoms with Crippen LogP contribution in [0.5, 0.6) is 0 Å². The number of ether oxygens (including phenoxy) is 3. The van der Waals surface area contributed by atoms with E-state index in [-0.39, 0.29) is 12.1 Å². The second-order valence-corrected chi connectivity index (χ2v) is 10.4. The standard InChI is InChI=1S/C23H35N5O5/c1-22(2,3)32-20(29)24-15-9-8-10-18(15)31-13-14-11-16(25-21(30)33-23(4,5)6)19-17(12-14)28(7)27-26-19/h11-12,15,18H,8-10,13H2,1-7H3,(H,24,29)(H,25,30)/t15-,18-/m1/s1. The minimum absolute atomic E-state index is 0.110. The summed E-state index contributed by atoms with van der Waals surface area (Å²) < 4.78 is 18.6. The molecule has 1 aliphatic carbocycles. The number of nitrogens with zero attached hydrogens (tertiary/aromatic N) is 3. The summed E-state index contributed by atoms with van der Waals surface area (Å²) in [6, 6.07) is 3.63. The van der Waals surface area contributed by atoms with E-state index >= 15 is 0 Å². The monoisotopic (exact) mass is 461 g/mol. The highest BCUT2D eigenvalue weighted by Gasteiger charge is 2.31. The molecule has 2 N–H and O–H groups in total. The number of alkyl carbamates (subject to hydrolysis) is 1. The number of anilines is 1. The first-order valence-corrected chi connectivity index (χ1v) is 11.2. The average molecular weight is 462 g/mol. The van der Waals surface area contributed by atoms with E-state index in [4.69, 9.17) is 14.2 Å². The third kappa shape index (κ3) is 7.05. The number of rotatable bonds is 5. The molecule has 0 radical (unpaired) electrons. The minimum atomic E-state index is -0.620. The Kier molecular flexibility index (Phi) is 7.16. The van der Waals surface area contributed by atoms with Crippen LogP contribution < -0.4 is 10.6 Å². The van der Waals surface area contributed by atoms with Crippen molar-refractivity contribution in [3.63, 3.8) is 0 Å². The number of nitrogens with one attached hydrogen (secondary N) is 2. The fourth-order valence-electron chi connectivity index (χ4n) is 3.73. The molecule has 1 fully saturated rings. The maximum absolute atomic E-state index is 12.3. The predicted octanol–water partition coefficient (Wildman–Crippen LogP) is 4.28. The lowest BCUT2D eigenvalue weighted by Gasteiger charge is -2.25. The smallest absolute Gasteiger partial charge is 0.412 e. The van der Waals surface area contributed by atoms with Crippen molar-refractivity contribution in [1.29, 1.82) is 0 Å². The van der Waals surface area contributed by atoms with E-state index in [1.54, 1.807) is 32.5 Å². The number of carbonyl (C=O) groups is 2. The third-order valence-electron chi connectivity index (χ3n) is 5.03. The van der Waals surface area contributed by atoms with Gasteiger partial charge in [-0.25, -0.2) is 14.3 Å². The second kappa shape index (κ2) is 9.54. The van der Waals surface area contributed by atoms with Gasteiger partial charge in [-0.15, -0.1) is 5.10 Å². The molecule has 3 rings (SSSR count). The summed E-state index contributed by atoms with van der Waals surface area (Å²) in [5.74, 6) is 0. The molecule has 0 aliphatic heterocycles. The lowest BCUT2D eigenvalue weighted by molar-refractivity contribution is 0.0166. The van der Waals surface area contributed by atoms with Crippen molar-refractivity contribution in [3.8, 4) is 0 Å². The quantitative estimate of drug-likeness (QED) is 0.683. The van der Waals surface area contributed by atoms with Gasteiger partial charge in [0.15, 0.2) is 0 Å². The van der Waals surface area contributed by atoms with Gasteiger partial charge < -0.3 is 19.5 Å². The van der Waals surface area contributed by atoms with Crippen LogP contribution in [0.4, 0.5) is 15.3 Å². The van der Waals surface area contributed by atoms with Crippen LogP contribution in [0.25, 0.3) is 11.0 Å². The van der Waals surface area contributed by atoms with Gasteiger partial charge in [0, 0.05) is 7.05 Å². The minimum Gasteiger partial charge on any atom is -0.444 e. The molecule has 33 heavy (non-hydrogen) atoms. The van der Waals surface area contributed by atoms with Gasteiger partial charge in [0.25, 0.3) is 0 Å². The average Bonchev–Trinajstić information content (AvgIpc) is 3.23. The van der Waals surface area contributed by atoms with Crippen molar-refractivity contribution in [2.45, 2.75) is 90.8 Å². The predicted molar refractivity (Wildman–Crippen MR) is 124 cm³/mol. The number of hydrogen-bond donors (Lipinski definition) is 2. The second-order valence-electron chi connectivity index (χ2n) is 10.4. The lowest BCUT2D eigenvalue weighted by Crippen LogP contribution is -2.43. The van der Waals surface area contributed by atoms with Gasteiger partial charge in [-0.05, 0) is 78.5 Å². The van der Waals surface area contributed by atoms with E-state index in [0.717, 1.165) is 30.3 Å². The number of aromatic nitrogens is 3. The van der Waals surface area contributed by atoms with Crippen LogP contribution in [-0.2, 0) is 27.9 Å². The number of fused-ring (bicyclic) bond motifs is 1. The SMILES string of the molecule is Cn1nnc2c(NC(=O)OC(C)(C)C)cc(CO[C@@H]3CCC[C@H]3NC(=O)OC(C)(C)C)cc21. The number of carbonyl (C=O) groups excluding carboxylic acids is 2. The van der Waals surface area contributed by atoms with Crippen LogP contribution in [0.2, 0.25) is 0 Å². The summed E-state index contributed by atoms with van der Waals surface area (Å²) in [6.07, 6.45) is 1.51. The summed E-state index contributed by atoms with van der Waals surface area (Å²) in [7, 11) is 1.79. The lowest BCUT2D eigenvalue weighted by atomic mass is 10.1. The molecule has 0 bridgehead atoms. The Morgan fingerprint density at radius 3 is 2.39 bits per heavy atom. The first-order valence-electron chi connectivity index (χ1n) is 11.2. The number of benzene rings is 1. The van der Waals surface area contributed by atoms with E-state index in [2.05, 4.69) is 20.9 Å². The molecule has 0 spiro atoms. The fourth-order valence-corrected chi connectivity index (χ4v) is 3.73. The normalized spacial score (nSPS) is 18.9. The number of aryl methyl sites for hydroxylation is 1. The van der Waals surface area contributed by atoms with Gasteiger partial charge in [-0.1, -0.05) is 5.21 Å². The molecule has 182 valence electrons. The molecule has 2 atom stereocenters. The van der Waals surface area contributed by atoms with Crippen LogP contribution in [0.3, 0.4) is 0 Å². The van der Waals surface area contributed by atoms with E-state index in [1.807, 2.05) is 32.9 Å². The van der Waals surface area contributed by atoms with Crippen molar-refractivity contribution in [2.24, 2.45) is 7.05 Å². The van der Waals surface area contributed by atoms with Crippen molar-refractivity contribution < 1.29 is 23.8 Å². The van der Waals surface area contributed by atoms with Crippen molar-refractivity contribution >= 4 is 28.9 Å². The van der Waals surface area contributed by atoms with Crippen molar-refractivity contribution in [1.82, 2.24) is 20.3 Å². The van der Waals surface area contributed by atoms with E-state index in [9.17, 15) is 9.59 Å². The molecule has 0 unspecified atom stereocenters. The Morgan fingerprint density at radius 1 is 1.06 bits per heavy atom. The summed E-state index contributed by atoms with van der Waals surface area (Å²) in [5.41, 5.74) is 1.51. The first-order chi connectivity index (χ1) is 15.3. The highest BCUT2D eigenvalue weighted by molar-refractivity contribution is 5.97. The Balaban J connectivity index is 1.70. The van der Waals surface area contributed by atoms with Gasteiger partial charge in [0.2, 0.25) is 0 Å². The Bertz CT molecular complexity index is 1010. The molecule has 1 aliphatic rings. The zero-order valence-electron chi connectivity index (χ0n) is 20.5. The Hall–Kier alpha value is -2.88. The molecule has 2 amide bonds. The van der Waals surface area contributed by atoms with Crippen molar-refractivity contribution in [2.75, 3.05) is 5.32 Å². The maximum Gasteiger partial charge on any atom is 0.412 e. The molecule has 1 saturated carbocycles. The summed E-state index contributed by atoms with van der Waals surface area (Å²) in [4.78, 5) is 24.5. The van der Waals surface area contributed by atoms with Gasteiger partial charge in [-0.2, -0.15) is 0 Å². The molecule has 2 aromatic rings. The first kappa shape index (κ1) is 24.8. The third-order valence-corrected chi connectivity index (χ3v) is 5.03. The van der Waals surface area contributed by atoms with Gasteiger partial charge in [-0.3, -0.25) is 5.32 Å². The highest BCUT2D eigenvalue weighted by Crippen LogP contribution is 2.27. The molecule has 10 nitrogen and oxygen atoms in total. The van der Waals surface area contributed by atoms with E-state index in [1.165, 1.54) is 0 Å². The Labute approximate surface area is 194 Å². The van der Waals surface area contributed by atoms with Gasteiger partial charge in [0.1, 0.15) is 16.7 Å². The van der Waals surface area contributed by atoms with Crippen LogP contribution in [0.15, 0.2) is 12.1 Å². The molecule has 0 saturated heterocycles. The summed E-state index contributed by atoms with van der Waals surface area (Å²) >= 11 is 0. The molecule has 10 heteroatoms. The number of amides is 2. The zero-order valence-corrected chi connectivity index (χ0v) is 20.5. The van der Waals surface area contributed by atoms with Gasteiger partial charge >= 0.3 is 12.2 Å². The summed E-state index contributed by atoms with van der Waals surface area (Å²) in [5, 5.41) is 13.9. The van der Waals surface area contributed by atoms with E-state index < -0.39 is 23.4 Å². The number of hydrogen-bond acceptors (Lipinski definition) is 7. The molecular weight excluding hydrogens is 426 g/mol. The zero-order chi connectivity index (χ0) is 24.4. The molecule has 1 aromatic heterocycles. The fraction of sp³-hybridized carbons (Fsp3) is 0.652. The van der Waals surface area contributed by atoms with Crippen LogP contribution in [0, 0.1) is 0 Å². The maximum atomic E-state index is 12.3. The molecule has 1 aromatic carbocycles. The van der Waals surface area contributed by atoms with Crippen LogP contribution in [0.1, 0.15) is 66.4 Å². The van der Waals surface area contributed by atoms with Crippen LogP contribution in [-0.4, -0.2) is 50.5 Å². The van der Waals surface area contributed by atoms with Crippen LogP contribution >= 0.6 is 0 Å². The molecule has 1 heterocycles. The highest BCUT2D eigenvalue weighted by atomic mass is 16.6. The topological polar surface area (TPSA) is 117 Å². The largest absolute Gasteiger partial charge is 0.444 e.